The number of furan rings is 1. The van der Waals surface area contributed by atoms with Crippen LogP contribution in [-0.4, -0.2) is 44.9 Å². The highest BCUT2D eigenvalue weighted by atomic mass is 32.2. The third-order valence-corrected chi connectivity index (χ3v) is 6.86. The smallest absolute Gasteiger partial charge is 0.234 e. The predicted molar refractivity (Wildman–Crippen MR) is 107 cm³/mol. The lowest BCUT2D eigenvalue weighted by Gasteiger charge is -2.37. The van der Waals surface area contributed by atoms with Gasteiger partial charge in [-0.25, -0.2) is 0 Å². The second-order valence-electron chi connectivity index (χ2n) is 7.68. The van der Waals surface area contributed by atoms with Gasteiger partial charge in [-0.05, 0) is 25.0 Å². The van der Waals surface area contributed by atoms with Crippen molar-refractivity contribution in [3.05, 3.63) is 30.2 Å². The van der Waals surface area contributed by atoms with Gasteiger partial charge in [0.05, 0.1) is 30.8 Å². The molecule has 1 N–H and O–H groups in total. The van der Waals surface area contributed by atoms with Crippen molar-refractivity contribution in [2.75, 3.05) is 5.75 Å². The van der Waals surface area contributed by atoms with Gasteiger partial charge in [-0.2, -0.15) is 0 Å². The van der Waals surface area contributed by atoms with Crippen molar-refractivity contribution in [3.63, 3.8) is 0 Å². The zero-order chi connectivity index (χ0) is 19.8. The number of nitrogens with zero attached hydrogens (tertiary/aromatic N) is 3. The Hall–Kier alpha value is -2.55. The minimum Gasteiger partial charge on any atom is -0.461 e. The number of aliphatic imine (C=N–C) groups is 1. The molecule has 4 heterocycles. The van der Waals surface area contributed by atoms with Crippen LogP contribution in [0.4, 0.5) is 0 Å². The number of thioether (sulfide) groups is 1. The number of amides is 2. The highest BCUT2D eigenvalue weighted by Crippen LogP contribution is 2.38. The van der Waals surface area contributed by atoms with Crippen molar-refractivity contribution in [3.8, 4) is 11.5 Å². The van der Waals surface area contributed by atoms with E-state index in [0.717, 1.165) is 30.9 Å². The van der Waals surface area contributed by atoms with Crippen molar-refractivity contribution in [2.45, 2.75) is 50.7 Å². The molecule has 2 aromatic heterocycles. The molecule has 2 aromatic rings. The van der Waals surface area contributed by atoms with Crippen LogP contribution in [0.25, 0.3) is 11.5 Å². The second-order valence-corrected chi connectivity index (χ2v) is 8.67. The van der Waals surface area contributed by atoms with E-state index in [9.17, 15) is 9.59 Å². The largest absolute Gasteiger partial charge is 0.461 e. The van der Waals surface area contributed by atoms with Crippen LogP contribution in [0.5, 0.6) is 0 Å². The van der Waals surface area contributed by atoms with E-state index >= 15 is 0 Å². The average molecular weight is 414 g/mol. The molecule has 29 heavy (non-hydrogen) atoms. The van der Waals surface area contributed by atoms with E-state index in [2.05, 4.69) is 10.5 Å². The number of nitrogens with one attached hydrogen (secondary N) is 1. The molecule has 2 aliphatic heterocycles. The lowest BCUT2D eigenvalue weighted by Crippen LogP contribution is -2.51. The summed E-state index contributed by atoms with van der Waals surface area (Å²) in [4.78, 5) is 32.1. The Bertz CT molecular complexity index is 938. The third-order valence-electron chi connectivity index (χ3n) is 5.75. The maximum absolute atomic E-state index is 13.0. The first-order chi connectivity index (χ1) is 14.2. The van der Waals surface area contributed by atoms with Crippen LogP contribution in [-0.2, 0) is 16.1 Å². The quantitative estimate of drug-likeness (QED) is 0.807. The van der Waals surface area contributed by atoms with E-state index in [1.54, 1.807) is 41.1 Å². The topological polar surface area (TPSA) is 101 Å². The number of amidine groups is 1. The molecule has 1 saturated heterocycles. The van der Waals surface area contributed by atoms with E-state index in [1.807, 2.05) is 0 Å². The van der Waals surface area contributed by atoms with Gasteiger partial charge in [0.15, 0.2) is 10.9 Å². The molecule has 5 rings (SSSR count). The molecular formula is C20H22N4O4S. The average Bonchev–Trinajstić information content (AvgIpc) is 3.48. The SMILES string of the molecule is O=C(C[C@H]1CSC2=N[C@H]3CCCC[C@@H]3C(=O)N21)NCc1cc(-c2ccco2)on1. The van der Waals surface area contributed by atoms with Crippen LogP contribution >= 0.6 is 11.8 Å². The first kappa shape index (κ1) is 18.5. The van der Waals surface area contributed by atoms with Crippen LogP contribution < -0.4 is 5.32 Å². The van der Waals surface area contributed by atoms with Crippen molar-refractivity contribution < 1.29 is 18.5 Å². The van der Waals surface area contributed by atoms with Gasteiger partial charge in [-0.15, -0.1) is 0 Å². The first-order valence-corrected chi connectivity index (χ1v) is 11.0. The number of hydrogen-bond acceptors (Lipinski definition) is 7. The maximum Gasteiger partial charge on any atom is 0.234 e. The van der Waals surface area contributed by atoms with Gasteiger partial charge in [0, 0.05) is 18.2 Å². The molecule has 3 aliphatic rings. The molecule has 1 aliphatic carbocycles. The van der Waals surface area contributed by atoms with E-state index in [-0.39, 0.29) is 42.8 Å². The van der Waals surface area contributed by atoms with Crippen LogP contribution in [0.1, 0.15) is 37.8 Å². The molecule has 0 unspecified atom stereocenters. The van der Waals surface area contributed by atoms with Gasteiger partial charge >= 0.3 is 0 Å². The van der Waals surface area contributed by atoms with E-state index in [4.69, 9.17) is 13.9 Å². The number of hydrogen-bond donors (Lipinski definition) is 1. The molecule has 152 valence electrons. The van der Waals surface area contributed by atoms with Crippen molar-refractivity contribution in [1.82, 2.24) is 15.4 Å². The second kappa shape index (κ2) is 7.70. The summed E-state index contributed by atoms with van der Waals surface area (Å²) in [6, 6.07) is 5.30. The van der Waals surface area contributed by atoms with E-state index < -0.39 is 0 Å². The third kappa shape index (κ3) is 3.59. The van der Waals surface area contributed by atoms with Crippen molar-refractivity contribution >= 4 is 28.7 Å². The summed E-state index contributed by atoms with van der Waals surface area (Å²) in [5.74, 6) is 1.86. The van der Waals surface area contributed by atoms with Crippen molar-refractivity contribution in [2.24, 2.45) is 10.9 Å². The normalized spacial score (nSPS) is 26.1. The zero-order valence-corrected chi connectivity index (χ0v) is 16.7. The molecule has 0 bridgehead atoms. The Morgan fingerprint density at radius 1 is 1.31 bits per heavy atom. The molecule has 3 atom stereocenters. The number of carbonyl (C=O) groups is 2. The molecular weight excluding hydrogens is 392 g/mol. The maximum atomic E-state index is 13.0. The van der Waals surface area contributed by atoms with E-state index in [1.165, 1.54) is 0 Å². The lowest BCUT2D eigenvalue weighted by molar-refractivity contribution is -0.135. The highest BCUT2D eigenvalue weighted by molar-refractivity contribution is 8.14. The molecule has 0 radical (unpaired) electrons. The Morgan fingerprint density at radius 2 is 2.21 bits per heavy atom. The minimum absolute atomic E-state index is 0.00749. The highest BCUT2D eigenvalue weighted by Gasteiger charge is 2.45. The summed E-state index contributed by atoms with van der Waals surface area (Å²) in [6.07, 6.45) is 5.96. The van der Waals surface area contributed by atoms with Gasteiger partial charge in [-0.3, -0.25) is 19.5 Å². The van der Waals surface area contributed by atoms with Gasteiger partial charge in [0.1, 0.15) is 5.69 Å². The Morgan fingerprint density at radius 3 is 3.07 bits per heavy atom. The summed E-state index contributed by atoms with van der Waals surface area (Å²) in [5, 5.41) is 7.63. The Labute approximate surface area is 172 Å². The molecule has 2 amide bonds. The molecule has 0 spiro atoms. The van der Waals surface area contributed by atoms with Crippen LogP contribution in [0.15, 0.2) is 38.4 Å². The summed E-state index contributed by atoms with van der Waals surface area (Å²) in [5.41, 5.74) is 0.617. The molecule has 9 heteroatoms. The predicted octanol–water partition coefficient (Wildman–Crippen LogP) is 2.81. The fraction of sp³-hybridized carbons (Fsp3) is 0.500. The Kier molecular flexibility index (Phi) is 4.91. The number of carbonyl (C=O) groups excluding carboxylic acids is 2. The van der Waals surface area contributed by atoms with Gasteiger partial charge in [0.2, 0.25) is 17.6 Å². The lowest BCUT2D eigenvalue weighted by atomic mass is 9.83. The fourth-order valence-electron chi connectivity index (χ4n) is 4.27. The van der Waals surface area contributed by atoms with Crippen LogP contribution in [0, 0.1) is 5.92 Å². The molecule has 8 nitrogen and oxygen atoms in total. The summed E-state index contributed by atoms with van der Waals surface area (Å²) >= 11 is 1.59. The number of aromatic nitrogens is 1. The summed E-state index contributed by atoms with van der Waals surface area (Å²) in [6.45, 7) is 0.266. The van der Waals surface area contributed by atoms with Crippen LogP contribution in [0.3, 0.4) is 0 Å². The zero-order valence-electron chi connectivity index (χ0n) is 15.9. The molecule has 1 saturated carbocycles. The Balaban J connectivity index is 1.19. The standard InChI is InChI=1S/C20H22N4O4S/c25-18(21-10-12-8-17(28-23-12)16-6-3-7-27-16)9-13-11-29-20-22-15-5-2-1-4-14(15)19(26)24(13)20/h3,6-8,13-15H,1-2,4-5,9-11H2,(H,21,25)/t13-,14-,15-/m0/s1. The van der Waals surface area contributed by atoms with Gasteiger partial charge < -0.3 is 14.3 Å². The molecule has 0 aromatic carbocycles. The fourth-order valence-corrected chi connectivity index (χ4v) is 5.47. The first-order valence-electron chi connectivity index (χ1n) is 9.99. The summed E-state index contributed by atoms with van der Waals surface area (Å²) in [7, 11) is 0. The molecule has 2 fully saturated rings. The van der Waals surface area contributed by atoms with E-state index in [0.29, 0.717) is 23.0 Å². The number of rotatable bonds is 5. The minimum atomic E-state index is -0.134. The number of fused-ring (bicyclic) bond motifs is 2. The van der Waals surface area contributed by atoms with Crippen LogP contribution in [0.2, 0.25) is 0 Å². The van der Waals surface area contributed by atoms with Gasteiger partial charge in [0.25, 0.3) is 0 Å². The monoisotopic (exact) mass is 414 g/mol. The van der Waals surface area contributed by atoms with Gasteiger partial charge in [-0.1, -0.05) is 29.8 Å². The van der Waals surface area contributed by atoms with Crippen molar-refractivity contribution in [1.29, 1.82) is 0 Å². The summed E-state index contributed by atoms with van der Waals surface area (Å²) < 4.78 is 10.5.